The fourth-order valence-corrected chi connectivity index (χ4v) is 4.93. The van der Waals surface area contributed by atoms with Crippen LogP contribution in [0, 0.1) is 11.8 Å². The highest BCUT2D eigenvalue weighted by molar-refractivity contribution is 7.11. The molecule has 1 N–H and O–H groups in total. The third kappa shape index (κ3) is 2.36. The molecule has 0 unspecified atom stereocenters. The molecule has 1 fully saturated rings. The zero-order chi connectivity index (χ0) is 13.5. The van der Waals surface area contributed by atoms with Crippen molar-refractivity contribution in [2.75, 3.05) is 6.54 Å². The molecule has 0 amide bonds. The molecule has 0 aromatic carbocycles. The third-order valence-corrected chi connectivity index (χ3v) is 6.30. The number of hydrogen-bond donors (Lipinski definition) is 1. The van der Waals surface area contributed by atoms with E-state index in [0.29, 0.717) is 0 Å². The highest BCUT2D eigenvalue weighted by atomic mass is 32.1. The van der Waals surface area contributed by atoms with Gasteiger partial charge in [-0.1, -0.05) is 20.8 Å². The van der Waals surface area contributed by atoms with Crippen molar-refractivity contribution in [1.29, 1.82) is 0 Å². The van der Waals surface area contributed by atoms with E-state index in [1.54, 1.807) is 4.88 Å². The molecule has 106 valence electrons. The van der Waals surface area contributed by atoms with Crippen molar-refractivity contribution < 1.29 is 0 Å². The number of aromatic nitrogens is 1. The van der Waals surface area contributed by atoms with Crippen LogP contribution < -0.4 is 5.32 Å². The molecule has 0 spiro atoms. The van der Waals surface area contributed by atoms with Crippen molar-refractivity contribution in [3.63, 3.8) is 0 Å². The lowest BCUT2D eigenvalue weighted by atomic mass is 9.64. The fourth-order valence-electron chi connectivity index (χ4n) is 3.60. The van der Waals surface area contributed by atoms with Crippen LogP contribution in [0.2, 0.25) is 0 Å². The Morgan fingerprint density at radius 3 is 2.68 bits per heavy atom. The zero-order valence-corrected chi connectivity index (χ0v) is 13.3. The van der Waals surface area contributed by atoms with Gasteiger partial charge in [-0.2, -0.15) is 0 Å². The van der Waals surface area contributed by atoms with E-state index in [0.717, 1.165) is 18.4 Å². The summed E-state index contributed by atoms with van der Waals surface area (Å²) < 4.78 is 0. The summed E-state index contributed by atoms with van der Waals surface area (Å²) in [6, 6.07) is 0. The second kappa shape index (κ2) is 5.17. The largest absolute Gasteiger partial charge is 0.306 e. The lowest BCUT2D eigenvalue weighted by Gasteiger charge is -2.49. The van der Waals surface area contributed by atoms with Crippen LogP contribution in [0.25, 0.3) is 0 Å². The molecule has 0 radical (unpaired) electrons. The van der Waals surface area contributed by atoms with Gasteiger partial charge in [-0.15, -0.1) is 11.3 Å². The maximum atomic E-state index is 5.01. The maximum absolute atomic E-state index is 5.01. The van der Waals surface area contributed by atoms with E-state index in [1.807, 2.05) is 11.3 Å². The first-order chi connectivity index (χ1) is 9.14. The molecule has 2 nitrogen and oxygen atoms in total. The minimum atomic E-state index is 0.214. The van der Waals surface area contributed by atoms with Crippen molar-refractivity contribution in [2.45, 2.75) is 64.8 Å². The van der Waals surface area contributed by atoms with Gasteiger partial charge in [0.15, 0.2) is 0 Å². The summed E-state index contributed by atoms with van der Waals surface area (Å²) in [5.41, 5.74) is 1.63. The molecule has 1 saturated carbocycles. The Balaban J connectivity index is 1.83. The van der Waals surface area contributed by atoms with Gasteiger partial charge >= 0.3 is 0 Å². The normalized spacial score (nSPS) is 30.2. The summed E-state index contributed by atoms with van der Waals surface area (Å²) in [5.74, 6) is 1.68. The van der Waals surface area contributed by atoms with Gasteiger partial charge in [0.1, 0.15) is 5.01 Å². The quantitative estimate of drug-likeness (QED) is 0.903. The summed E-state index contributed by atoms with van der Waals surface area (Å²) in [7, 11) is 0. The van der Waals surface area contributed by atoms with Crippen LogP contribution in [0.1, 0.15) is 62.0 Å². The Morgan fingerprint density at radius 1 is 1.32 bits per heavy atom. The summed E-state index contributed by atoms with van der Waals surface area (Å²) in [4.78, 5) is 6.59. The van der Waals surface area contributed by atoms with E-state index >= 15 is 0 Å². The second-order valence-electron chi connectivity index (χ2n) is 6.62. The van der Waals surface area contributed by atoms with E-state index in [4.69, 9.17) is 4.98 Å². The lowest BCUT2D eigenvalue weighted by molar-refractivity contribution is 0.0692. The minimum Gasteiger partial charge on any atom is -0.306 e. The van der Waals surface area contributed by atoms with E-state index in [-0.39, 0.29) is 5.54 Å². The summed E-state index contributed by atoms with van der Waals surface area (Å²) in [5, 5.41) is 5.14. The molecule has 0 bridgehead atoms. The molecule has 1 aromatic heterocycles. The van der Waals surface area contributed by atoms with E-state index < -0.39 is 0 Å². The number of hydrogen-bond acceptors (Lipinski definition) is 3. The standard InChI is InChI=1S/C16H26N2S/c1-4-17-16(9-12(10-16)11(2)3)15-18-13-7-5-6-8-14(13)19-15/h11-12,17H,4-10H2,1-3H3. The van der Waals surface area contributed by atoms with Crippen LogP contribution >= 0.6 is 11.3 Å². The van der Waals surface area contributed by atoms with Crippen molar-refractivity contribution >= 4 is 11.3 Å². The first-order valence-electron chi connectivity index (χ1n) is 7.88. The Hall–Kier alpha value is -0.410. The molecule has 1 heterocycles. The Morgan fingerprint density at radius 2 is 2.05 bits per heavy atom. The predicted octanol–water partition coefficient (Wildman–Crippen LogP) is 3.89. The van der Waals surface area contributed by atoms with E-state index in [2.05, 4.69) is 26.1 Å². The Labute approximate surface area is 121 Å². The van der Waals surface area contributed by atoms with Crippen LogP contribution in [0.4, 0.5) is 0 Å². The van der Waals surface area contributed by atoms with Crippen LogP contribution in [0.5, 0.6) is 0 Å². The summed E-state index contributed by atoms with van der Waals surface area (Å²) >= 11 is 2.00. The van der Waals surface area contributed by atoms with Gasteiger partial charge in [0.05, 0.1) is 11.2 Å². The van der Waals surface area contributed by atoms with Crippen LogP contribution in [0.15, 0.2) is 0 Å². The van der Waals surface area contributed by atoms with E-state index in [1.165, 1.54) is 49.2 Å². The molecule has 0 atom stereocenters. The molecule has 3 heteroatoms. The number of nitrogens with one attached hydrogen (secondary N) is 1. The van der Waals surface area contributed by atoms with Crippen LogP contribution in [0.3, 0.4) is 0 Å². The molecule has 0 saturated heterocycles. The average Bonchev–Trinajstić information content (AvgIpc) is 2.76. The van der Waals surface area contributed by atoms with Crippen LogP contribution in [-0.2, 0) is 18.4 Å². The van der Waals surface area contributed by atoms with Gasteiger partial charge in [-0.25, -0.2) is 4.98 Å². The fraction of sp³-hybridized carbons (Fsp3) is 0.812. The van der Waals surface area contributed by atoms with Crippen molar-refractivity contribution in [2.24, 2.45) is 11.8 Å². The van der Waals surface area contributed by atoms with Gasteiger partial charge in [0.25, 0.3) is 0 Å². The molecule has 2 aliphatic rings. The first-order valence-corrected chi connectivity index (χ1v) is 8.70. The van der Waals surface area contributed by atoms with Gasteiger partial charge in [0.2, 0.25) is 0 Å². The SMILES string of the molecule is CCNC1(c2nc3c(s2)CCCC3)CC(C(C)C)C1. The molecule has 2 aliphatic carbocycles. The molecule has 0 aliphatic heterocycles. The van der Waals surface area contributed by atoms with Gasteiger partial charge in [0, 0.05) is 4.88 Å². The van der Waals surface area contributed by atoms with Gasteiger partial charge in [-0.3, -0.25) is 0 Å². The number of rotatable bonds is 4. The van der Waals surface area contributed by atoms with Crippen LogP contribution in [-0.4, -0.2) is 11.5 Å². The zero-order valence-electron chi connectivity index (χ0n) is 12.5. The monoisotopic (exact) mass is 278 g/mol. The van der Waals surface area contributed by atoms with Gasteiger partial charge < -0.3 is 5.32 Å². The number of thiazole rings is 1. The van der Waals surface area contributed by atoms with Crippen molar-refractivity contribution in [1.82, 2.24) is 10.3 Å². The highest BCUT2D eigenvalue weighted by Gasteiger charge is 2.48. The maximum Gasteiger partial charge on any atom is 0.113 e. The third-order valence-electron chi connectivity index (χ3n) is 4.93. The summed E-state index contributed by atoms with van der Waals surface area (Å²) in [6.07, 6.45) is 7.73. The smallest absolute Gasteiger partial charge is 0.113 e. The molecule has 3 rings (SSSR count). The topological polar surface area (TPSA) is 24.9 Å². The number of fused-ring (bicyclic) bond motifs is 1. The lowest BCUT2D eigenvalue weighted by Crippen LogP contribution is -2.53. The molecular weight excluding hydrogens is 252 g/mol. The second-order valence-corrected chi connectivity index (χ2v) is 7.70. The number of aryl methyl sites for hydroxylation is 2. The molecule has 19 heavy (non-hydrogen) atoms. The highest BCUT2D eigenvalue weighted by Crippen LogP contribution is 2.50. The molecule has 1 aromatic rings. The molecular formula is C16H26N2S. The van der Waals surface area contributed by atoms with Crippen molar-refractivity contribution in [3.05, 3.63) is 15.6 Å². The van der Waals surface area contributed by atoms with Gasteiger partial charge in [-0.05, 0) is 56.9 Å². The first kappa shape index (κ1) is 13.6. The summed E-state index contributed by atoms with van der Waals surface area (Å²) in [6.45, 7) is 7.98. The average molecular weight is 278 g/mol. The predicted molar refractivity (Wildman–Crippen MR) is 81.7 cm³/mol. The van der Waals surface area contributed by atoms with E-state index in [9.17, 15) is 0 Å². The Kier molecular flexibility index (Phi) is 3.69. The Bertz CT molecular complexity index is 420. The minimum absolute atomic E-state index is 0.214. The number of nitrogens with zero attached hydrogens (tertiary/aromatic N) is 1. The van der Waals surface area contributed by atoms with Crippen molar-refractivity contribution in [3.8, 4) is 0 Å².